The molecule has 31 heavy (non-hydrogen) atoms. The molecule has 3 aliphatic heterocycles. The Balaban J connectivity index is 1.48. The van der Waals surface area contributed by atoms with Crippen LogP contribution in [0.1, 0.15) is 16.7 Å². The molecule has 0 bridgehead atoms. The number of hydrogen-bond donors (Lipinski definition) is 3. The van der Waals surface area contributed by atoms with Crippen LogP contribution in [0, 0.1) is 11.3 Å². The summed E-state index contributed by atoms with van der Waals surface area (Å²) in [4.78, 5) is 20.9. The van der Waals surface area contributed by atoms with Crippen molar-refractivity contribution in [2.24, 2.45) is 5.16 Å². The van der Waals surface area contributed by atoms with Crippen molar-refractivity contribution < 1.29 is 9.63 Å². The molecule has 156 valence electrons. The zero-order valence-corrected chi connectivity index (χ0v) is 16.9. The molecule has 1 fully saturated rings. The van der Waals surface area contributed by atoms with Crippen LogP contribution >= 0.6 is 0 Å². The maximum absolute atomic E-state index is 12.9. The molecule has 8 nitrogen and oxygen atoms in total. The number of amides is 1. The van der Waals surface area contributed by atoms with Gasteiger partial charge in [0.2, 0.25) is 0 Å². The van der Waals surface area contributed by atoms with Gasteiger partial charge in [0.05, 0.1) is 22.9 Å². The van der Waals surface area contributed by atoms with Gasteiger partial charge >= 0.3 is 0 Å². The first-order valence-electron chi connectivity index (χ1n) is 10.3. The Hall–Kier alpha value is -3.67. The van der Waals surface area contributed by atoms with Crippen LogP contribution in [0.15, 0.2) is 53.3 Å². The lowest BCUT2D eigenvalue weighted by Crippen LogP contribution is -2.44. The number of nitriles is 1. The molecule has 0 atom stereocenters. The molecule has 3 N–H and O–H groups in total. The fourth-order valence-electron chi connectivity index (χ4n) is 4.10. The molecule has 3 heterocycles. The SMILES string of the molecule is N#Cc1ccc2c(c1)/C(=C1/Nc3ccccc3/C1=N\OCCN1CCNCC1)C(=O)N2. The standard InChI is InChI=1S/C23H22N6O2/c24-14-15-5-6-19-17(13-15)20(23(30)27-19)22-21(16-3-1-2-4-18(16)26-22)28-31-12-11-29-9-7-25-8-10-29/h1-6,13,25-26H,7-12H2,(H,27,30)/b22-20-,28-21+. The van der Waals surface area contributed by atoms with Gasteiger partial charge in [-0.1, -0.05) is 23.4 Å². The van der Waals surface area contributed by atoms with Crippen molar-refractivity contribution in [3.8, 4) is 6.07 Å². The Morgan fingerprint density at radius 1 is 1.06 bits per heavy atom. The zero-order chi connectivity index (χ0) is 21.2. The second-order valence-electron chi connectivity index (χ2n) is 7.61. The highest BCUT2D eigenvalue weighted by Gasteiger charge is 2.34. The Kier molecular flexibility index (Phi) is 5.12. The van der Waals surface area contributed by atoms with Crippen LogP contribution in [0.25, 0.3) is 5.57 Å². The average Bonchev–Trinajstić information content (AvgIpc) is 3.33. The second-order valence-corrected chi connectivity index (χ2v) is 7.61. The number of piperazine rings is 1. The highest BCUT2D eigenvalue weighted by Crippen LogP contribution is 2.39. The molecule has 0 aliphatic carbocycles. The fourth-order valence-corrected chi connectivity index (χ4v) is 4.10. The molecule has 2 aromatic carbocycles. The van der Waals surface area contributed by atoms with E-state index in [-0.39, 0.29) is 5.91 Å². The number of allylic oxidation sites excluding steroid dienone is 1. The van der Waals surface area contributed by atoms with Crippen molar-refractivity contribution in [1.29, 1.82) is 5.26 Å². The van der Waals surface area contributed by atoms with E-state index in [1.165, 1.54) is 0 Å². The van der Waals surface area contributed by atoms with Crippen LogP contribution in [0.3, 0.4) is 0 Å². The van der Waals surface area contributed by atoms with Crippen molar-refractivity contribution in [2.75, 3.05) is 50.0 Å². The first kappa shape index (κ1) is 19.3. The predicted octanol–water partition coefficient (Wildman–Crippen LogP) is 1.97. The van der Waals surface area contributed by atoms with Crippen LogP contribution in [-0.2, 0) is 9.63 Å². The summed E-state index contributed by atoms with van der Waals surface area (Å²) in [5, 5.41) is 23.3. The molecule has 0 aromatic heterocycles. The number of anilines is 2. The average molecular weight is 414 g/mol. The van der Waals surface area contributed by atoms with Crippen molar-refractivity contribution in [2.45, 2.75) is 0 Å². The number of nitrogens with one attached hydrogen (secondary N) is 3. The van der Waals surface area contributed by atoms with Crippen LogP contribution in [0.4, 0.5) is 11.4 Å². The molecule has 0 radical (unpaired) electrons. The third-order valence-corrected chi connectivity index (χ3v) is 5.69. The van der Waals surface area contributed by atoms with E-state index in [1.807, 2.05) is 24.3 Å². The summed E-state index contributed by atoms with van der Waals surface area (Å²) in [5.41, 5.74) is 5.27. The quantitative estimate of drug-likeness (QED) is 0.402. The van der Waals surface area contributed by atoms with E-state index in [0.717, 1.165) is 44.0 Å². The van der Waals surface area contributed by atoms with Crippen molar-refractivity contribution in [3.63, 3.8) is 0 Å². The summed E-state index contributed by atoms with van der Waals surface area (Å²) >= 11 is 0. The van der Waals surface area contributed by atoms with E-state index in [0.29, 0.717) is 40.4 Å². The molecule has 2 aromatic rings. The Morgan fingerprint density at radius 3 is 2.71 bits per heavy atom. The number of nitrogens with zero attached hydrogens (tertiary/aromatic N) is 3. The Labute approximate surface area is 180 Å². The van der Waals surface area contributed by atoms with Crippen molar-refractivity contribution in [3.05, 3.63) is 64.9 Å². The number of benzene rings is 2. The smallest absolute Gasteiger partial charge is 0.258 e. The largest absolute Gasteiger partial charge is 0.394 e. The molecule has 0 spiro atoms. The maximum atomic E-state index is 12.9. The monoisotopic (exact) mass is 414 g/mol. The van der Waals surface area contributed by atoms with E-state index in [2.05, 4.69) is 32.1 Å². The number of para-hydroxylation sites is 1. The van der Waals surface area contributed by atoms with E-state index >= 15 is 0 Å². The van der Waals surface area contributed by atoms with Gasteiger partial charge in [-0.15, -0.1) is 0 Å². The lowest BCUT2D eigenvalue weighted by molar-refractivity contribution is -0.110. The molecule has 8 heteroatoms. The normalized spacial score (nSPS) is 21.3. The Bertz CT molecular complexity index is 1140. The number of hydrogen-bond acceptors (Lipinski definition) is 7. The van der Waals surface area contributed by atoms with E-state index in [4.69, 9.17) is 4.84 Å². The van der Waals surface area contributed by atoms with Gasteiger partial charge in [-0.05, 0) is 24.3 Å². The number of rotatable bonds is 4. The highest BCUT2D eigenvalue weighted by molar-refractivity contribution is 6.39. The summed E-state index contributed by atoms with van der Waals surface area (Å²) in [7, 11) is 0. The molecule has 0 saturated carbocycles. The van der Waals surface area contributed by atoms with Crippen LogP contribution in [-0.4, -0.2) is 55.8 Å². The van der Waals surface area contributed by atoms with Crippen LogP contribution < -0.4 is 16.0 Å². The fraction of sp³-hybridized carbons (Fsp3) is 0.261. The van der Waals surface area contributed by atoms with E-state index in [1.54, 1.807) is 18.2 Å². The van der Waals surface area contributed by atoms with Gasteiger partial charge in [-0.2, -0.15) is 5.26 Å². The minimum Gasteiger partial charge on any atom is -0.394 e. The number of fused-ring (bicyclic) bond motifs is 2. The van der Waals surface area contributed by atoms with Crippen LogP contribution in [0.2, 0.25) is 0 Å². The molecule has 5 rings (SSSR count). The number of oxime groups is 1. The predicted molar refractivity (Wildman–Crippen MR) is 119 cm³/mol. The van der Waals surface area contributed by atoms with Gasteiger partial charge < -0.3 is 20.8 Å². The molecule has 1 amide bonds. The first-order chi connectivity index (χ1) is 15.2. The molecule has 0 unspecified atom stereocenters. The van der Waals surface area contributed by atoms with Crippen LogP contribution in [0.5, 0.6) is 0 Å². The third kappa shape index (κ3) is 3.65. The van der Waals surface area contributed by atoms with Gasteiger partial charge in [0, 0.05) is 55.2 Å². The van der Waals surface area contributed by atoms with Gasteiger partial charge in [0.15, 0.2) is 0 Å². The summed E-state index contributed by atoms with van der Waals surface area (Å²) < 4.78 is 0. The summed E-state index contributed by atoms with van der Waals surface area (Å²) in [6, 6.07) is 15.1. The molecule has 3 aliphatic rings. The maximum Gasteiger partial charge on any atom is 0.258 e. The van der Waals surface area contributed by atoms with E-state index < -0.39 is 0 Å². The number of carbonyl (C=O) groups is 1. The molecule has 1 saturated heterocycles. The van der Waals surface area contributed by atoms with Gasteiger partial charge in [-0.3, -0.25) is 9.69 Å². The summed E-state index contributed by atoms with van der Waals surface area (Å²) in [5.74, 6) is -0.228. The minimum atomic E-state index is -0.228. The summed E-state index contributed by atoms with van der Waals surface area (Å²) in [6.07, 6.45) is 0. The molecular formula is C23H22N6O2. The number of carbonyl (C=O) groups excluding carboxylic acids is 1. The minimum absolute atomic E-state index is 0.228. The Morgan fingerprint density at radius 2 is 1.87 bits per heavy atom. The van der Waals surface area contributed by atoms with Gasteiger partial charge in [0.1, 0.15) is 12.3 Å². The lowest BCUT2D eigenvalue weighted by Gasteiger charge is -2.26. The highest BCUT2D eigenvalue weighted by atomic mass is 16.6. The first-order valence-corrected chi connectivity index (χ1v) is 10.3. The van der Waals surface area contributed by atoms with Crippen molar-refractivity contribution >= 4 is 28.6 Å². The van der Waals surface area contributed by atoms with Gasteiger partial charge in [0.25, 0.3) is 5.91 Å². The van der Waals surface area contributed by atoms with E-state index in [9.17, 15) is 10.1 Å². The second kappa shape index (κ2) is 8.22. The van der Waals surface area contributed by atoms with Gasteiger partial charge in [-0.25, -0.2) is 0 Å². The molecular weight excluding hydrogens is 392 g/mol. The topological polar surface area (TPSA) is 102 Å². The lowest BCUT2D eigenvalue weighted by atomic mass is 10.00. The third-order valence-electron chi connectivity index (χ3n) is 5.69. The zero-order valence-electron chi connectivity index (χ0n) is 16.9. The summed E-state index contributed by atoms with van der Waals surface area (Å²) in [6.45, 7) is 5.24. The van der Waals surface area contributed by atoms with Crippen molar-refractivity contribution in [1.82, 2.24) is 10.2 Å².